The normalized spacial score (nSPS) is 14.8. The minimum atomic E-state index is -0.837. The third-order valence-corrected chi connectivity index (χ3v) is 6.46. The lowest BCUT2D eigenvalue weighted by Gasteiger charge is -2.20. The minimum Gasteiger partial charge on any atom is -0.497 e. The summed E-state index contributed by atoms with van der Waals surface area (Å²) in [5, 5.41) is 14.5. The summed E-state index contributed by atoms with van der Waals surface area (Å²) in [6, 6.07) is 16.1. The predicted octanol–water partition coefficient (Wildman–Crippen LogP) is 4.39. The van der Waals surface area contributed by atoms with E-state index in [1.165, 1.54) is 11.1 Å². The number of rotatable bonds is 7. The molecule has 1 aromatic heterocycles. The van der Waals surface area contributed by atoms with Crippen molar-refractivity contribution < 1.29 is 19.4 Å². The summed E-state index contributed by atoms with van der Waals surface area (Å²) in [6.45, 7) is 0. The molecule has 1 atom stereocenters. The lowest BCUT2D eigenvalue weighted by atomic mass is 9.97. The summed E-state index contributed by atoms with van der Waals surface area (Å²) in [4.78, 5) is 11.1. The van der Waals surface area contributed by atoms with Crippen LogP contribution in [-0.2, 0) is 31.1 Å². The average molecular weight is 458 g/mol. The van der Waals surface area contributed by atoms with Crippen molar-refractivity contribution in [2.75, 3.05) is 12.8 Å². The Morgan fingerprint density at radius 1 is 1.15 bits per heavy atom. The van der Waals surface area contributed by atoms with E-state index in [1.54, 1.807) is 7.11 Å². The standard InChI is InChI=1S/C27H27N3O4/c1-30-25-7-5-18(11-20(25)15-29-30)23-9-16(3-8-26(31)32)10-24(28)27(23)34-22-12-17-4-6-21(33-2)13-19(17)14-22/h4-7,9-11,13,15,22H,3,8,12,14,28H2,1-2H3,(H,31,32). The first-order valence-corrected chi connectivity index (χ1v) is 11.3. The minimum absolute atomic E-state index is 0.0422. The van der Waals surface area contributed by atoms with Gasteiger partial charge in [0.1, 0.15) is 17.6 Å². The number of aryl methyl sites for hydroxylation is 2. The molecule has 7 nitrogen and oxygen atoms in total. The van der Waals surface area contributed by atoms with Crippen LogP contribution in [0.25, 0.3) is 22.0 Å². The summed E-state index contributed by atoms with van der Waals surface area (Å²) in [7, 11) is 3.58. The summed E-state index contributed by atoms with van der Waals surface area (Å²) < 4.78 is 13.7. The van der Waals surface area contributed by atoms with E-state index < -0.39 is 5.97 Å². The number of aromatic nitrogens is 2. The topological polar surface area (TPSA) is 99.6 Å². The Hall–Kier alpha value is -4.00. The van der Waals surface area contributed by atoms with E-state index in [-0.39, 0.29) is 12.5 Å². The van der Waals surface area contributed by atoms with Crippen molar-refractivity contribution in [3.63, 3.8) is 0 Å². The van der Waals surface area contributed by atoms with Crippen LogP contribution in [0.1, 0.15) is 23.1 Å². The van der Waals surface area contributed by atoms with Crippen molar-refractivity contribution in [1.82, 2.24) is 9.78 Å². The molecule has 0 spiro atoms. The maximum absolute atomic E-state index is 11.1. The zero-order chi connectivity index (χ0) is 23.8. The second-order valence-electron chi connectivity index (χ2n) is 8.78. The maximum atomic E-state index is 11.1. The van der Waals surface area contributed by atoms with Gasteiger partial charge in [-0.1, -0.05) is 12.1 Å². The van der Waals surface area contributed by atoms with E-state index >= 15 is 0 Å². The molecule has 1 heterocycles. The Kier molecular flexibility index (Phi) is 5.61. The fourth-order valence-electron chi connectivity index (χ4n) is 4.72. The molecule has 1 aliphatic rings. The van der Waals surface area contributed by atoms with Gasteiger partial charge in [-0.15, -0.1) is 0 Å². The number of nitrogens with two attached hydrogens (primary N) is 1. The van der Waals surface area contributed by atoms with Crippen LogP contribution >= 0.6 is 0 Å². The van der Waals surface area contributed by atoms with E-state index in [2.05, 4.69) is 23.3 Å². The Morgan fingerprint density at radius 3 is 2.76 bits per heavy atom. The Balaban J connectivity index is 1.52. The third-order valence-electron chi connectivity index (χ3n) is 6.46. The maximum Gasteiger partial charge on any atom is 0.303 e. The lowest BCUT2D eigenvalue weighted by Crippen LogP contribution is -2.18. The van der Waals surface area contributed by atoms with E-state index in [0.717, 1.165) is 46.2 Å². The molecule has 0 amide bonds. The van der Waals surface area contributed by atoms with Gasteiger partial charge in [-0.25, -0.2) is 0 Å². The number of hydrogen-bond donors (Lipinski definition) is 2. The van der Waals surface area contributed by atoms with E-state index in [1.807, 2.05) is 48.3 Å². The highest BCUT2D eigenvalue weighted by Gasteiger charge is 2.26. The van der Waals surface area contributed by atoms with Gasteiger partial charge in [0.05, 0.1) is 24.5 Å². The van der Waals surface area contributed by atoms with Crippen LogP contribution < -0.4 is 15.2 Å². The summed E-state index contributed by atoms with van der Waals surface area (Å²) in [5.41, 5.74) is 13.2. The van der Waals surface area contributed by atoms with Crippen molar-refractivity contribution in [2.45, 2.75) is 31.8 Å². The summed E-state index contributed by atoms with van der Waals surface area (Å²) in [6.07, 6.45) is 3.79. The lowest BCUT2D eigenvalue weighted by molar-refractivity contribution is -0.136. The number of benzene rings is 3. The van der Waals surface area contributed by atoms with Crippen molar-refractivity contribution in [2.24, 2.45) is 7.05 Å². The second kappa shape index (κ2) is 8.74. The number of aliphatic carboxylic acids is 1. The fraction of sp³-hybridized carbons (Fsp3) is 0.259. The highest BCUT2D eigenvalue weighted by molar-refractivity contribution is 5.87. The highest BCUT2D eigenvalue weighted by Crippen LogP contribution is 2.40. The Labute approximate surface area is 197 Å². The summed E-state index contributed by atoms with van der Waals surface area (Å²) >= 11 is 0. The number of methoxy groups -OCH3 is 1. The number of nitrogens with zero attached hydrogens (tertiary/aromatic N) is 2. The molecule has 0 radical (unpaired) electrons. The van der Waals surface area contributed by atoms with Crippen molar-refractivity contribution in [3.05, 3.63) is 71.4 Å². The molecule has 7 heteroatoms. The van der Waals surface area contributed by atoms with Gasteiger partial charge in [-0.2, -0.15) is 5.10 Å². The fourth-order valence-corrected chi connectivity index (χ4v) is 4.72. The third kappa shape index (κ3) is 4.17. The number of carboxylic acid groups (broad SMARTS) is 1. The molecule has 34 heavy (non-hydrogen) atoms. The van der Waals surface area contributed by atoms with Crippen LogP contribution in [0, 0.1) is 0 Å². The van der Waals surface area contributed by atoms with Crippen molar-refractivity contribution in [3.8, 4) is 22.6 Å². The molecular formula is C27H27N3O4. The zero-order valence-electron chi connectivity index (χ0n) is 19.2. The predicted molar refractivity (Wildman–Crippen MR) is 131 cm³/mol. The van der Waals surface area contributed by atoms with Crippen LogP contribution in [0.2, 0.25) is 0 Å². The van der Waals surface area contributed by atoms with Gasteiger partial charge >= 0.3 is 5.97 Å². The van der Waals surface area contributed by atoms with Crippen LogP contribution in [0.15, 0.2) is 54.7 Å². The molecule has 1 aliphatic carbocycles. The molecule has 0 saturated carbocycles. The molecule has 0 bridgehead atoms. The zero-order valence-corrected chi connectivity index (χ0v) is 19.2. The quantitative estimate of drug-likeness (QED) is 0.399. The molecule has 0 aliphatic heterocycles. The van der Waals surface area contributed by atoms with Crippen LogP contribution in [0.5, 0.6) is 11.5 Å². The Bertz CT molecular complexity index is 1390. The number of hydrogen-bond acceptors (Lipinski definition) is 5. The van der Waals surface area contributed by atoms with Gasteiger partial charge in [0.2, 0.25) is 0 Å². The molecule has 1 unspecified atom stereocenters. The molecule has 5 rings (SSSR count). The molecule has 3 N–H and O–H groups in total. The van der Waals surface area contributed by atoms with Gasteiger partial charge in [0.15, 0.2) is 0 Å². The van der Waals surface area contributed by atoms with Crippen LogP contribution in [0.3, 0.4) is 0 Å². The first-order valence-electron chi connectivity index (χ1n) is 11.3. The van der Waals surface area contributed by atoms with Gasteiger partial charge in [0, 0.05) is 37.3 Å². The van der Waals surface area contributed by atoms with Crippen molar-refractivity contribution in [1.29, 1.82) is 0 Å². The van der Waals surface area contributed by atoms with Crippen LogP contribution in [-0.4, -0.2) is 34.1 Å². The first kappa shape index (κ1) is 21.8. The number of carboxylic acids is 1. The number of nitrogen functional groups attached to an aromatic ring is 1. The highest BCUT2D eigenvalue weighted by atomic mass is 16.5. The number of ether oxygens (including phenoxy) is 2. The second-order valence-corrected chi connectivity index (χ2v) is 8.78. The monoisotopic (exact) mass is 457 g/mol. The van der Waals surface area contributed by atoms with Crippen LogP contribution in [0.4, 0.5) is 5.69 Å². The molecule has 4 aromatic rings. The number of anilines is 1. The van der Waals surface area contributed by atoms with E-state index in [0.29, 0.717) is 17.9 Å². The first-order chi connectivity index (χ1) is 16.4. The van der Waals surface area contributed by atoms with Gasteiger partial charge in [0.25, 0.3) is 0 Å². The SMILES string of the molecule is COc1ccc2c(c1)CC(Oc1c(N)cc(CCC(=O)O)cc1-c1ccc3c(cnn3C)c1)C2. The largest absolute Gasteiger partial charge is 0.497 e. The van der Waals surface area contributed by atoms with Gasteiger partial charge < -0.3 is 20.3 Å². The molecule has 0 fully saturated rings. The number of carbonyl (C=O) groups is 1. The van der Waals surface area contributed by atoms with E-state index in [9.17, 15) is 4.79 Å². The van der Waals surface area contributed by atoms with Crippen molar-refractivity contribution >= 4 is 22.6 Å². The molecule has 0 saturated heterocycles. The van der Waals surface area contributed by atoms with Gasteiger partial charge in [-0.05, 0) is 65.1 Å². The van der Waals surface area contributed by atoms with Gasteiger partial charge in [-0.3, -0.25) is 9.48 Å². The smallest absolute Gasteiger partial charge is 0.303 e. The Morgan fingerprint density at radius 2 is 1.97 bits per heavy atom. The average Bonchev–Trinajstić information content (AvgIpc) is 3.40. The van der Waals surface area contributed by atoms with E-state index in [4.69, 9.17) is 20.3 Å². The molecule has 174 valence electrons. The molecular weight excluding hydrogens is 430 g/mol. The molecule has 3 aromatic carbocycles. The summed E-state index contributed by atoms with van der Waals surface area (Å²) in [5.74, 6) is 0.635. The number of fused-ring (bicyclic) bond motifs is 2.